The summed E-state index contributed by atoms with van der Waals surface area (Å²) in [6.07, 6.45) is 0. The van der Waals surface area contributed by atoms with Crippen LogP contribution in [0.4, 0.5) is 6.01 Å². The monoisotopic (exact) mass is 303 g/mol. The zero-order chi connectivity index (χ0) is 14.2. The molecule has 0 aliphatic heterocycles. The number of aromatic nitrogens is 2. The fraction of sp³-hybridized carbons (Fsp3) is 0.222. The average Bonchev–Trinajstić information content (AvgIpc) is 2.84. The van der Waals surface area contributed by atoms with Crippen molar-refractivity contribution in [1.82, 2.24) is 10.2 Å². The van der Waals surface area contributed by atoms with E-state index in [1.807, 2.05) is 0 Å². The molecule has 0 amide bonds. The largest absolute Gasteiger partial charge is 0.477 e. The highest BCUT2D eigenvalue weighted by atomic mass is 32.2. The first-order valence-corrected chi connectivity index (χ1v) is 7.26. The predicted molar refractivity (Wildman–Crippen MR) is 65.9 cm³/mol. The molecule has 0 aromatic carbocycles. The van der Waals surface area contributed by atoms with E-state index in [1.54, 1.807) is 0 Å². The van der Waals surface area contributed by atoms with Crippen LogP contribution in [-0.4, -0.2) is 29.7 Å². The van der Waals surface area contributed by atoms with Crippen molar-refractivity contribution < 1.29 is 22.7 Å². The van der Waals surface area contributed by atoms with Crippen LogP contribution in [-0.2, 0) is 10.0 Å². The summed E-state index contributed by atoms with van der Waals surface area (Å²) in [6.45, 7) is 3.04. The van der Waals surface area contributed by atoms with Gasteiger partial charge in [0.1, 0.15) is 9.09 Å². The van der Waals surface area contributed by atoms with E-state index in [2.05, 4.69) is 14.9 Å². The summed E-state index contributed by atoms with van der Waals surface area (Å²) < 4.78 is 30.8. The Labute approximate surface area is 112 Å². The zero-order valence-electron chi connectivity index (χ0n) is 9.87. The van der Waals surface area contributed by atoms with Crippen LogP contribution in [0.3, 0.4) is 0 Å². The Hall–Kier alpha value is -1.94. The second kappa shape index (κ2) is 4.63. The van der Waals surface area contributed by atoms with E-state index in [-0.39, 0.29) is 21.0 Å². The second-order valence-electron chi connectivity index (χ2n) is 3.61. The Morgan fingerprint density at radius 2 is 2.11 bits per heavy atom. The molecule has 2 aromatic heterocycles. The van der Waals surface area contributed by atoms with E-state index < -0.39 is 16.0 Å². The van der Waals surface area contributed by atoms with Crippen LogP contribution >= 0.6 is 11.3 Å². The molecule has 0 radical (unpaired) electrons. The molecule has 19 heavy (non-hydrogen) atoms. The van der Waals surface area contributed by atoms with Crippen molar-refractivity contribution in [1.29, 1.82) is 0 Å². The molecule has 0 fully saturated rings. The highest BCUT2D eigenvalue weighted by molar-refractivity contribution is 7.94. The number of thiophene rings is 1. The van der Waals surface area contributed by atoms with Crippen LogP contribution in [0.15, 0.2) is 14.7 Å². The second-order valence-corrected chi connectivity index (χ2v) is 6.58. The Bertz CT molecular complexity index is 731. The highest BCUT2D eigenvalue weighted by Crippen LogP contribution is 2.27. The van der Waals surface area contributed by atoms with Gasteiger partial charge in [0.25, 0.3) is 10.0 Å². The average molecular weight is 303 g/mol. The van der Waals surface area contributed by atoms with Gasteiger partial charge in [-0.05, 0) is 18.6 Å². The third-order valence-electron chi connectivity index (χ3n) is 2.10. The molecule has 102 valence electrons. The summed E-state index contributed by atoms with van der Waals surface area (Å²) in [6, 6.07) is 1.01. The number of nitrogens with one attached hydrogen (secondary N) is 1. The number of sulfonamides is 1. The predicted octanol–water partition coefficient (Wildman–Crippen LogP) is 1.25. The quantitative estimate of drug-likeness (QED) is 0.871. The number of aromatic carboxylic acids is 1. The van der Waals surface area contributed by atoms with Crippen molar-refractivity contribution in [2.45, 2.75) is 18.1 Å². The number of rotatable bonds is 4. The molecule has 8 nitrogen and oxygen atoms in total. The number of aryl methyl sites for hydroxylation is 2. The molecular formula is C9H9N3O5S2. The first-order valence-electron chi connectivity index (χ1n) is 4.96. The normalized spacial score (nSPS) is 11.5. The fourth-order valence-electron chi connectivity index (χ4n) is 1.30. The summed E-state index contributed by atoms with van der Waals surface area (Å²) in [7, 11) is -3.93. The van der Waals surface area contributed by atoms with Gasteiger partial charge < -0.3 is 9.52 Å². The van der Waals surface area contributed by atoms with E-state index in [0.29, 0.717) is 16.9 Å². The van der Waals surface area contributed by atoms with E-state index in [9.17, 15) is 13.2 Å². The van der Waals surface area contributed by atoms with Crippen molar-refractivity contribution in [3.05, 3.63) is 22.4 Å². The van der Waals surface area contributed by atoms with Crippen LogP contribution in [0.25, 0.3) is 0 Å². The van der Waals surface area contributed by atoms with Crippen LogP contribution in [0, 0.1) is 13.8 Å². The lowest BCUT2D eigenvalue weighted by atomic mass is 10.3. The van der Waals surface area contributed by atoms with Crippen molar-refractivity contribution in [3.63, 3.8) is 0 Å². The third kappa shape index (κ3) is 2.74. The Kier molecular flexibility index (Phi) is 3.28. The van der Waals surface area contributed by atoms with Gasteiger partial charge in [-0.1, -0.05) is 5.10 Å². The SMILES string of the molecule is Cc1nnc(NS(=O)(=O)c2cc(C)c(C(=O)O)s2)o1. The van der Waals surface area contributed by atoms with Gasteiger partial charge in [0.15, 0.2) is 0 Å². The Morgan fingerprint density at radius 3 is 2.58 bits per heavy atom. The maximum atomic E-state index is 12.0. The molecule has 2 heterocycles. The number of carboxylic acids is 1. The molecule has 0 aliphatic carbocycles. The Balaban J connectivity index is 2.34. The Morgan fingerprint density at radius 1 is 1.42 bits per heavy atom. The molecule has 2 rings (SSSR count). The van der Waals surface area contributed by atoms with Gasteiger partial charge >= 0.3 is 12.0 Å². The van der Waals surface area contributed by atoms with E-state index in [1.165, 1.54) is 19.9 Å². The van der Waals surface area contributed by atoms with E-state index >= 15 is 0 Å². The molecule has 0 saturated carbocycles. The highest BCUT2D eigenvalue weighted by Gasteiger charge is 2.23. The molecule has 0 spiro atoms. The number of anilines is 1. The van der Waals surface area contributed by atoms with Crippen LogP contribution in [0.1, 0.15) is 21.1 Å². The van der Waals surface area contributed by atoms with Crippen molar-refractivity contribution >= 4 is 33.3 Å². The summed E-state index contributed by atoms with van der Waals surface area (Å²) >= 11 is 0.661. The smallest absolute Gasteiger partial charge is 0.346 e. The van der Waals surface area contributed by atoms with Gasteiger partial charge in [-0.15, -0.1) is 16.4 Å². The summed E-state index contributed by atoms with van der Waals surface area (Å²) in [5.74, 6) is -0.955. The minimum atomic E-state index is -3.93. The van der Waals surface area contributed by atoms with Gasteiger partial charge in [-0.2, -0.15) is 0 Å². The van der Waals surface area contributed by atoms with Crippen LogP contribution in [0.5, 0.6) is 0 Å². The summed E-state index contributed by atoms with van der Waals surface area (Å²) in [5.41, 5.74) is 0.375. The van der Waals surface area contributed by atoms with Gasteiger partial charge in [0.2, 0.25) is 5.89 Å². The first-order chi connectivity index (χ1) is 8.79. The van der Waals surface area contributed by atoms with E-state index in [4.69, 9.17) is 9.52 Å². The lowest BCUT2D eigenvalue weighted by molar-refractivity contribution is 0.0701. The van der Waals surface area contributed by atoms with E-state index in [0.717, 1.165) is 0 Å². The molecule has 2 aromatic rings. The van der Waals surface area contributed by atoms with Crippen LogP contribution in [0.2, 0.25) is 0 Å². The van der Waals surface area contributed by atoms with Crippen molar-refractivity contribution in [2.24, 2.45) is 0 Å². The summed E-state index contributed by atoms with van der Waals surface area (Å²) in [5, 5.41) is 15.9. The summed E-state index contributed by atoms with van der Waals surface area (Å²) in [4.78, 5) is 10.9. The topological polar surface area (TPSA) is 122 Å². The lowest BCUT2D eigenvalue weighted by Crippen LogP contribution is -2.11. The molecule has 0 saturated heterocycles. The van der Waals surface area contributed by atoms with Crippen molar-refractivity contribution in [2.75, 3.05) is 4.72 Å². The lowest BCUT2D eigenvalue weighted by Gasteiger charge is -1.99. The molecule has 0 bridgehead atoms. The molecule has 2 N–H and O–H groups in total. The zero-order valence-corrected chi connectivity index (χ0v) is 11.5. The molecule has 0 unspecified atom stereocenters. The molecule has 0 atom stereocenters. The number of carbonyl (C=O) groups is 1. The van der Waals surface area contributed by atoms with Gasteiger partial charge in [0, 0.05) is 6.92 Å². The minimum absolute atomic E-state index is 0.0258. The number of carboxylic acid groups (broad SMARTS) is 1. The van der Waals surface area contributed by atoms with Gasteiger partial charge in [0.05, 0.1) is 0 Å². The minimum Gasteiger partial charge on any atom is -0.477 e. The molecule has 0 aliphatic rings. The maximum Gasteiger partial charge on any atom is 0.346 e. The van der Waals surface area contributed by atoms with Gasteiger partial charge in [-0.3, -0.25) is 0 Å². The van der Waals surface area contributed by atoms with Crippen molar-refractivity contribution in [3.8, 4) is 0 Å². The third-order valence-corrected chi connectivity index (χ3v) is 5.12. The number of nitrogens with zero attached hydrogens (tertiary/aromatic N) is 2. The van der Waals surface area contributed by atoms with Crippen LogP contribution < -0.4 is 4.72 Å². The fourth-order valence-corrected chi connectivity index (χ4v) is 3.60. The maximum absolute atomic E-state index is 12.0. The standard InChI is InChI=1S/C9H9N3O5S2/c1-4-3-6(18-7(4)8(13)14)19(15,16)12-9-11-10-5(2)17-9/h3H,1-2H3,(H,11,12)(H,13,14). The number of hydrogen-bond donors (Lipinski definition) is 2. The molecular weight excluding hydrogens is 294 g/mol. The first kappa shape index (κ1) is 13.5. The molecule has 10 heteroatoms. The van der Waals surface area contributed by atoms with Gasteiger partial charge in [-0.25, -0.2) is 17.9 Å². The number of hydrogen-bond acceptors (Lipinski definition) is 7.